The topological polar surface area (TPSA) is 62.1 Å². The number of rotatable bonds is 2. The van der Waals surface area contributed by atoms with Crippen molar-refractivity contribution in [3.63, 3.8) is 0 Å². The lowest BCUT2D eigenvalue weighted by Crippen LogP contribution is -2.25. The molecule has 1 aliphatic rings. The molecule has 5 nitrogen and oxygen atoms in total. The fourth-order valence-corrected chi connectivity index (χ4v) is 4.25. The Labute approximate surface area is 172 Å². The number of ether oxygens (including phenoxy) is 1. The van der Waals surface area contributed by atoms with E-state index in [0.717, 1.165) is 16.3 Å². The van der Waals surface area contributed by atoms with Crippen LogP contribution in [0.25, 0.3) is 10.8 Å². The number of aromatic hydroxyl groups is 1. The molecule has 0 saturated heterocycles. The highest BCUT2D eigenvalue weighted by molar-refractivity contribution is 9.11. The van der Waals surface area contributed by atoms with Crippen LogP contribution in [-0.2, 0) is 9.53 Å². The molecular weight excluding hydrogens is 476 g/mol. The number of phenolic OH excluding ortho intramolecular Hbond substituents is 1. The van der Waals surface area contributed by atoms with E-state index in [1.54, 1.807) is 12.1 Å². The summed E-state index contributed by atoms with van der Waals surface area (Å²) >= 11 is 6.63. The van der Waals surface area contributed by atoms with E-state index in [4.69, 9.17) is 4.74 Å². The number of hydrogen-bond donors (Lipinski definition) is 1. The van der Waals surface area contributed by atoms with Crippen LogP contribution >= 0.6 is 31.9 Å². The van der Waals surface area contributed by atoms with Gasteiger partial charge < -0.3 is 9.84 Å². The zero-order valence-corrected chi connectivity index (χ0v) is 17.4. The summed E-state index contributed by atoms with van der Waals surface area (Å²) in [5.41, 5.74) is 1.50. The van der Waals surface area contributed by atoms with Crippen LogP contribution < -0.4 is 0 Å². The Morgan fingerprint density at radius 1 is 1.11 bits per heavy atom. The van der Waals surface area contributed by atoms with Gasteiger partial charge in [0, 0.05) is 18.1 Å². The van der Waals surface area contributed by atoms with Gasteiger partial charge >= 0.3 is 0 Å². The highest BCUT2D eigenvalue weighted by Gasteiger charge is 2.34. The summed E-state index contributed by atoms with van der Waals surface area (Å²) in [5.74, 6) is 0.226. The number of hydrazone groups is 1. The van der Waals surface area contributed by atoms with Crippen molar-refractivity contribution >= 4 is 54.4 Å². The summed E-state index contributed by atoms with van der Waals surface area (Å²) in [6.07, 6.45) is -0.718. The van der Waals surface area contributed by atoms with Crippen molar-refractivity contribution in [3.8, 4) is 5.75 Å². The lowest BCUT2D eigenvalue weighted by molar-refractivity contribution is -0.135. The molecule has 1 amide bonds. The van der Waals surface area contributed by atoms with Gasteiger partial charge in [-0.15, -0.1) is 5.10 Å². The third-order valence-electron chi connectivity index (χ3n) is 4.31. The van der Waals surface area contributed by atoms with Crippen molar-refractivity contribution in [2.24, 2.45) is 5.10 Å². The van der Waals surface area contributed by atoms with Gasteiger partial charge in [0.05, 0.1) is 8.95 Å². The average Bonchev–Trinajstić information content (AvgIpc) is 3.11. The summed E-state index contributed by atoms with van der Waals surface area (Å²) in [6.45, 7) is 1.44. The van der Waals surface area contributed by atoms with Crippen LogP contribution in [0.3, 0.4) is 0 Å². The van der Waals surface area contributed by atoms with Crippen LogP contribution in [0.2, 0.25) is 0 Å². The van der Waals surface area contributed by atoms with Crippen LogP contribution in [0.4, 0.5) is 0 Å². The Kier molecular flexibility index (Phi) is 4.65. The number of phenols is 1. The molecule has 3 aromatic rings. The third-order valence-corrected chi connectivity index (χ3v) is 5.52. The number of hydrogen-bond acceptors (Lipinski definition) is 4. The maximum absolute atomic E-state index is 12.2. The lowest BCUT2D eigenvalue weighted by Gasteiger charge is -2.20. The van der Waals surface area contributed by atoms with Gasteiger partial charge in [0.25, 0.3) is 0 Å². The molecule has 1 aliphatic heterocycles. The Hall–Kier alpha value is -2.38. The van der Waals surface area contributed by atoms with E-state index in [1.807, 2.05) is 42.5 Å². The van der Waals surface area contributed by atoms with Crippen molar-refractivity contribution in [1.82, 2.24) is 5.01 Å². The van der Waals surface area contributed by atoms with Gasteiger partial charge in [-0.25, -0.2) is 0 Å². The third kappa shape index (κ3) is 3.21. The molecule has 1 atom stereocenters. The molecule has 136 valence electrons. The van der Waals surface area contributed by atoms with Gasteiger partial charge in [-0.2, -0.15) is 5.01 Å². The summed E-state index contributed by atoms with van der Waals surface area (Å²) in [7, 11) is 0. The number of carbonyl (C=O) groups is 1. The Bertz CT molecular complexity index is 1070. The van der Waals surface area contributed by atoms with Crippen molar-refractivity contribution in [3.05, 3.63) is 74.7 Å². The van der Waals surface area contributed by atoms with Crippen molar-refractivity contribution in [1.29, 1.82) is 0 Å². The monoisotopic (exact) mass is 488 g/mol. The quantitative estimate of drug-likeness (QED) is 0.530. The van der Waals surface area contributed by atoms with Crippen molar-refractivity contribution in [2.75, 3.05) is 0 Å². The molecule has 7 heteroatoms. The standard InChI is InChI=1S/C20H14Br2N2O3/c1-11(25)24-20(13-9-16(21)18(26)17(22)10-13)27-19(23-24)15-8-4-6-12-5-2-3-7-14(12)15/h2-10,20,26H,1H3/t20-/m0/s1. The fourth-order valence-electron chi connectivity index (χ4n) is 3.03. The van der Waals surface area contributed by atoms with Gasteiger partial charge in [0.2, 0.25) is 18.0 Å². The molecule has 0 aliphatic carbocycles. The zero-order valence-electron chi connectivity index (χ0n) is 14.2. The maximum Gasteiger partial charge on any atom is 0.243 e. The van der Waals surface area contributed by atoms with E-state index in [1.165, 1.54) is 11.9 Å². The molecule has 27 heavy (non-hydrogen) atoms. The summed E-state index contributed by atoms with van der Waals surface area (Å²) < 4.78 is 7.09. The predicted octanol–water partition coefficient (Wildman–Crippen LogP) is 5.31. The molecule has 0 fully saturated rings. The van der Waals surface area contributed by atoms with Gasteiger partial charge in [0.1, 0.15) is 5.75 Å². The zero-order chi connectivity index (χ0) is 19.1. The summed E-state index contributed by atoms with van der Waals surface area (Å²) in [5, 5.41) is 17.8. The minimum atomic E-state index is -0.718. The maximum atomic E-state index is 12.2. The smallest absolute Gasteiger partial charge is 0.243 e. The number of fused-ring (bicyclic) bond motifs is 1. The second-order valence-corrected chi connectivity index (χ2v) is 7.81. The SMILES string of the molecule is CC(=O)N1N=C(c2cccc3ccccc23)O[C@H]1c1cc(Br)c(O)c(Br)c1. The largest absolute Gasteiger partial charge is 0.506 e. The van der Waals surface area contributed by atoms with E-state index < -0.39 is 6.23 Å². The van der Waals surface area contributed by atoms with Crippen LogP contribution in [0.15, 0.2) is 68.6 Å². The van der Waals surface area contributed by atoms with E-state index in [-0.39, 0.29) is 11.7 Å². The van der Waals surface area contributed by atoms with Crippen LogP contribution in [-0.4, -0.2) is 21.9 Å². The highest BCUT2D eigenvalue weighted by Crippen LogP contribution is 2.39. The second-order valence-electron chi connectivity index (χ2n) is 6.10. The van der Waals surface area contributed by atoms with E-state index in [0.29, 0.717) is 20.4 Å². The molecule has 1 heterocycles. The molecular formula is C20H14Br2N2O3. The summed E-state index contributed by atoms with van der Waals surface area (Å²) in [4.78, 5) is 12.2. The normalized spacial score (nSPS) is 16.3. The first-order valence-corrected chi connectivity index (χ1v) is 9.75. The number of amides is 1. The highest BCUT2D eigenvalue weighted by atomic mass is 79.9. The number of benzene rings is 3. The van der Waals surface area contributed by atoms with Crippen molar-refractivity contribution in [2.45, 2.75) is 13.2 Å². The molecule has 4 rings (SSSR count). The Balaban J connectivity index is 1.79. The molecule has 0 spiro atoms. The van der Waals surface area contributed by atoms with Crippen LogP contribution in [0.5, 0.6) is 5.75 Å². The molecule has 3 aromatic carbocycles. The number of carbonyl (C=O) groups excluding carboxylic acids is 1. The van der Waals surface area contributed by atoms with Crippen LogP contribution in [0, 0.1) is 0 Å². The second kappa shape index (κ2) is 6.98. The number of nitrogens with zero attached hydrogens (tertiary/aromatic N) is 2. The minimum absolute atomic E-state index is 0.0846. The van der Waals surface area contributed by atoms with E-state index in [9.17, 15) is 9.90 Å². The minimum Gasteiger partial charge on any atom is -0.506 e. The number of halogens is 2. The molecule has 0 saturated carbocycles. The van der Waals surface area contributed by atoms with Crippen LogP contribution in [0.1, 0.15) is 24.3 Å². The van der Waals surface area contributed by atoms with E-state index >= 15 is 0 Å². The van der Waals surface area contributed by atoms with Gasteiger partial charge in [-0.3, -0.25) is 4.79 Å². The predicted molar refractivity (Wildman–Crippen MR) is 110 cm³/mol. The average molecular weight is 490 g/mol. The van der Waals surface area contributed by atoms with Gasteiger partial charge in [-0.1, -0.05) is 36.4 Å². The first-order chi connectivity index (χ1) is 13.0. The van der Waals surface area contributed by atoms with Gasteiger partial charge in [0.15, 0.2) is 0 Å². The first-order valence-electron chi connectivity index (χ1n) is 8.17. The fraction of sp³-hybridized carbons (Fsp3) is 0.100. The molecule has 0 aromatic heterocycles. The lowest BCUT2D eigenvalue weighted by atomic mass is 10.0. The van der Waals surface area contributed by atoms with Gasteiger partial charge in [-0.05, 0) is 60.8 Å². The molecule has 0 bridgehead atoms. The molecule has 1 N–H and O–H groups in total. The summed E-state index contributed by atoms with van der Waals surface area (Å²) in [6, 6.07) is 17.2. The molecule has 0 radical (unpaired) electrons. The Morgan fingerprint density at radius 3 is 2.48 bits per heavy atom. The van der Waals surface area contributed by atoms with E-state index in [2.05, 4.69) is 37.0 Å². The Morgan fingerprint density at radius 2 is 1.78 bits per heavy atom. The van der Waals surface area contributed by atoms with Crippen molar-refractivity contribution < 1.29 is 14.6 Å². The first kappa shape index (κ1) is 18.0. The molecule has 0 unspecified atom stereocenters.